The maximum atomic E-state index is 12.0. The van der Waals surface area contributed by atoms with Crippen molar-refractivity contribution < 1.29 is 18.1 Å². The van der Waals surface area contributed by atoms with E-state index in [2.05, 4.69) is 17.0 Å². The van der Waals surface area contributed by atoms with Crippen LogP contribution in [0.1, 0.15) is 45.4 Å². The minimum Gasteiger partial charge on any atom is -0.356 e. The number of non-ortho nitro benzene ring substituents is 1. The van der Waals surface area contributed by atoms with Crippen LogP contribution in [0.5, 0.6) is 0 Å². The molecule has 0 aliphatic carbocycles. The molecule has 0 bridgehead atoms. The van der Waals surface area contributed by atoms with Gasteiger partial charge in [0.15, 0.2) is 0 Å². The van der Waals surface area contributed by atoms with Gasteiger partial charge in [-0.1, -0.05) is 26.2 Å². The lowest BCUT2D eigenvalue weighted by atomic mass is 10.2. The molecule has 1 aromatic rings. The molecule has 0 aliphatic heterocycles. The highest BCUT2D eigenvalue weighted by atomic mass is 32.2. The van der Waals surface area contributed by atoms with Crippen LogP contribution < -0.4 is 10.0 Å². The molecule has 0 heterocycles. The SMILES string of the molecule is CCCCCCNC(=O)CCCNS(=O)(=O)c1ccc([N+](=O)[O-])cc1. The van der Waals surface area contributed by atoms with E-state index in [9.17, 15) is 23.3 Å². The van der Waals surface area contributed by atoms with Crippen LogP contribution in [0.2, 0.25) is 0 Å². The topological polar surface area (TPSA) is 118 Å². The lowest BCUT2D eigenvalue weighted by Gasteiger charge is -2.07. The molecule has 25 heavy (non-hydrogen) atoms. The number of rotatable bonds is 12. The van der Waals surface area contributed by atoms with Gasteiger partial charge in [0.1, 0.15) is 0 Å². The molecule has 0 fully saturated rings. The molecule has 0 aromatic heterocycles. The fourth-order valence-corrected chi connectivity index (χ4v) is 3.23. The Morgan fingerprint density at radius 3 is 2.36 bits per heavy atom. The summed E-state index contributed by atoms with van der Waals surface area (Å²) >= 11 is 0. The molecule has 1 aromatic carbocycles. The van der Waals surface area contributed by atoms with Crippen LogP contribution >= 0.6 is 0 Å². The number of hydrogen-bond donors (Lipinski definition) is 2. The third kappa shape index (κ3) is 8.08. The fraction of sp³-hybridized carbons (Fsp3) is 0.562. The number of carbonyl (C=O) groups is 1. The zero-order valence-electron chi connectivity index (χ0n) is 14.4. The van der Waals surface area contributed by atoms with E-state index in [-0.39, 0.29) is 29.5 Å². The van der Waals surface area contributed by atoms with Gasteiger partial charge in [-0.15, -0.1) is 0 Å². The highest BCUT2D eigenvalue weighted by Gasteiger charge is 2.15. The van der Waals surface area contributed by atoms with Crippen molar-refractivity contribution in [2.24, 2.45) is 0 Å². The summed E-state index contributed by atoms with van der Waals surface area (Å²) in [6, 6.07) is 4.65. The van der Waals surface area contributed by atoms with Crippen molar-refractivity contribution in [3.63, 3.8) is 0 Å². The molecule has 2 N–H and O–H groups in total. The number of nitro groups is 1. The Hall–Kier alpha value is -2.00. The lowest BCUT2D eigenvalue weighted by Crippen LogP contribution is -2.28. The minimum absolute atomic E-state index is 0.0431. The third-order valence-corrected chi connectivity index (χ3v) is 5.06. The van der Waals surface area contributed by atoms with Crippen LogP contribution in [-0.4, -0.2) is 32.3 Å². The monoisotopic (exact) mass is 371 g/mol. The summed E-state index contributed by atoms with van der Waals surface area (Å²) in [7, 11) is -3.73. The molecular weight excluding hydrogens is 346 g/mol. The molecule has 140 valence electrons. The van der Waals surface area contributed by atoms with Gasteiger partial charge < -0.3 is 5.32 Å². The van der Waals surface area contributed by atoms with Gasteiger partial charge in [-0.25, -0.2) is 13.1 Å². The Morgan fingerprint density at radius 2 is 1.76 bits per heavy atom. The largest absolute Gasteiger partial charge is 0.356 e. The van der Waals surface area contributed by atoms with Crippen molar-refractivity contribution in [2.45, 2.75) is 50.3 Å². The second-order valence-corrected chi connectivity index (χ2v) is 7.43. The summed E-state index contributed by atoms with van der Waals surface area (Å²) in [6.07, 6.45) is 4.96. The zero-order valence-corrected chi connectivity index (χ0v) is 15.2. The van der Waals surface area contributed by atoms with Crippen molar-refractivity contribution in [1.29, 1.82) is 0 Å². The quantitative estimate of drug-likeness (QED) is 0.332. The average Bonchev–Trinajstić information content (AvgIpc) is 2.58. The Labute approximate surface area is 148 Å². The molecule has 0 radical (unpaired) electrons. The fourth-order valence-electron chi connectivity index (χ4n) is 2.15. The molecule has 1 amide bonds. The normalized spacial score (nSPS) is 11.2. The molecule has 0 spiro atoms. The molecule has 9 heteroatoms. The summed E-state index contributed by atoms with van der Waals surface area (Å²) in [4.78, 5) is 21.5. The van der Waals surface area contributed by atoms with Crippen molar-refractivity contribution in [1.82, 2.24) is 10.0 Å². The van der Waals surface area contributed by atoms with E-state index in [1.165, 1.54) is 12.1 Å². The Kier molecular flexibility index (Phi) is 9.07. The van der Waals surface area contributed by atoms with Gasteiger partial charge in [-0.05, 0) is 25.0 Å². The van der Waals surface area contributed by atoms with Crippen LogP contribution in [0.4, 0.5) is 5.69 Å². The number of amides is 1. The summed E-state index contributed by atoms with van der Waals surface area (Å²) in [5.74, 6) is -0.0916. The van der Waals surface area contributed by atoms with Gasteiger partial charge in [0, 0.05) is 31.6 Å². The van der Waals surface area contributed by atoms with E-state index >= 15 is 0 Å². The molecule has 0 atom stereocenters. The number of hydrogen-bond acceptors (Lipinski definition) is 5. The second kappa shape index (κ2) is 10.8. The first kappa shape index (κ1) is 21.0. The van der Waals surface area contributed by atoms with E-state index in [1.807, 2.05) is 0 Å². The standard InChI is InChI=1S/C16H25N3O5S/c1-2-3-4-5-12-17-16(20)7-6-13-18-25(23,24)15-10-8-14(9-11-15)19(21)22/h8-11,18H,2-7,12-13H2,1H3,(H,17,20). The number of carbonyl (C=O) groups excluding carboxylic acids is 1. The summed E-state index contributed by atoms with van der Waals surface area (Å²) in [5.41, 5.74) is -0.172. The summed E-state index contributed by atoms with van der Waals surface area (Å²) in [6.45, 7) is 2.90. The van der Waals surface area contributed by atoms with Crippen LogP contribution in [0, 0.1) is 10.1 Å². The number of nitrogens with zero attached hydrogens (tertiary/aromatic N) is 1. The number of nitrogens with one attached hydrogen (secondary N) is 2. The van der Waals surface area contributed by atoms with Crippen molar-refractivity contribution in [3.8, 4) is 0 Å². The first-order valence-electron chi connectivity index (χ1n) is 8.37. The third-order valence-electron chi connectivity index (χ3n) is 3.58. The lowest BCUT2D eigenvalue weighted by molar-refractivity contribution is -0.384. The number of nitro benzene ring substituents is 1. The molecule has 8 nitrogen and oxygen atoms in total. The van der Waals surface area contributed by atoms with Crippen molar-refractivity contribution in [3.05, 3.63) is 34.4 Å². The van der Waals surface area contributed by atoms with Gasteiger partial charge in [-0.2, -0.15) is 0 Å². The highest BCUT2D eigenvalue weighted by molar-refractivity contribution is 7.89. The second-order valence-electron chi connectivity index (χ2n) is 5.66. The molecule has 0 aliphatic rings. The van der Waals surface area contributed by atoms with E-state index in [4.69, 9.17) is 0 Å². The van der Waals surface area contributed by atoms with E-state index < -0.39 is 14.9 Å². The van der Waals surface area contributed by atoms with Crippen molar-refractivity contribution >= 4 is 21.6 Å². The first-order chi connectivity index (χ1) is 11.9. The van der Waals surface area contributed by atoms with E-state index in [1.54, 1.807) is 0 Å². The van der Waals surface area contributed by atoms with Gasteiger partial charge in [0.05, 0.1) is 9.82 Å². The summed E-state index contributed by atoms with van der Waals surface area (Å²) in [5, 5.41) is 13.4. The van der Waals surface area contributed by atoms with Gasteiger partial charge in [0.2, 0.25) is 15.9 Å². The predicted molar refractivity (Wildman–Crippen MR) is 94.7 cm³/mol. The minimum atomic E-state index is -3.73. The van der Waals surface area contributed by atoms with E-state index in [0.29, 0.717) is 13.0 Å². The highest BCUT2D eigenvalue weighted by Crippen LogP contribution is 2.15. The first-order valence-corrected chi connectivity index (χ1v) is 9.86. The van der Waals surface area contributed by atoms with Gasteiger partial charge in [0.25, 0.3) is 5.69 Å². The van der Waals surface area contributed by atoms with E-state index in [0.717, 1.165) is 37.8 Å². The predicted octanol–water partition coefficient (Wildman–Crippen LogP) is 2.35. The maximum Gasteiger partial charge on any atom is 0.269 e. The van der Waals surface area contributed by atoms with Gasteiger partial charge in [-0.3, -0.25) is 14.9 Å². The molecular formula is C16H25N3O5S. The molecule has 0 saturated carbocycles. The average molecular weight is 371 g/mol. The van der Waals surface area contributed by atoms with Crippen LogP contribution in [0.15, 0.2) is 29.2 Å². The molecule has 0 saturated heterocycles. The summed E-state index contributed by atoms with van der Waals surface area (Å²) < 4.78 is 26.5. The number of benzene rings is 1. The number of sulfonamides is 1. The molecule has 1 rings (SSSR count). The van der Waals surface area contributed by atoms with Crippen LogP contribution in [0.3, 0.4) is 0 Å². The Bertz CT molecular complexity index is 659. The number of unbranched alkanes of at least 4 members (excludes halogenated alkanes) is 3. The Morgan fingerprint density at radius 1 is 1.08 bits per heavy atom. The zero-order chi connectivity index (χ0) is 18.7. The molecule has 0 unspecified atom stereocenters. The Balaban J connectivity index is 2.30. The van der Waals surface area contributed by atoms with Gasteiger partial charge >= 0.3 is 0 Å². The smallest absolute Gasteiger partial charge is 0.269 e. The maximum absolute atomic E-state index is 12.0. The van der Waals surface area contributed by atoms with Crippen LogP contribution in [-0.2, 0) is 14.8 Å². The van der Waals surface area contributed by atoms with Crippen molar-refractivity contribution in [2.75, 3.05) is 13.1 Å². The van der Waals surface area contributed by atoms with Crippen LogP contribution in [0.25, 0.3) is 0 Å².